The smallest absolute Gasteiger partial charge is 0.262 e. The molecule has 202 valence electrons. The van der Waals surface area contributed by atoms with E-state index in [9.17, 15) is 22.0 Å². The Morgan fingerprint density at radius 1 is 0.950 bits per heavy atom. The molecule has 1 aliphatic carbocycles. The maximum absolute atomic E-state index is 15.5. The number of halogens is 3. The minimum absolute atomic E-state index is 0.0831. The number of carbonyl (C=O) groups excluding carboxylic acids is 1. The summed E-state index contributed by atoms with van der Waals surface area (Å²) in [6.45, 7) is 0. The van der Waals surface area contributed by atoms with Crippen molar-refractivity contribution in [2.24, 2.45) is 0 Å². The van der Waals surface area contributed by atoms with Crippen molar-refractivity contribution in [2.75, 3.05) is 10.0 Å². The van der Waals surface area contributed by atoms with Crippen LogP contribution in [-0.4, -0.2) is 40.2 Å². The fourth-order valence-corrected chi connectivity index (χ4v) is 5.21. The van der Waals surface area contributed by atoms with Crippen molar-refractivity contribution < 1.29 is 26.4 Å². The Morgan fingerprint density at radius 2 is 1.70 bits per heavy atom. The molecule has 0 spiro atoms. The normalized spacial score (nSPS) is 13.4. The number of fused-ring (bicyclic) bond motifs is 1. The van der Waals surface area contributed by atoms with E-state index in [-0.39, 0.29) is 10.9 Å². The lowest BCUT2D eigenvalue weighted by Crippen LogP contribution is -2.16. The highest BCUT2D eigenvalue weighted by Crippen LogP contribution is 2.30. The molecule has 1 aliphatic rings. The Labute approximate surface area is 225 Å². The Balaban J connectivity index is 1.33. The molecule has 0 radical (unpaired) electrons. The largest absolute Gasteiger partial charge is 0.351 e. The van der Waals surface area contributed by atoms with Gasteiger partial charge in [0, 0.05) is 52.9 Å². The van der Waals surface area contributed by atoms with Gasteiger partial charge >= 0.3 is 0 Å². The molecule has 0 bridgehead atoms. The Hall–Kier alpha value is -4.78. The number of hydrogen-bond acceptors (Lipinski definition) is 7. The molecule has 1 fully saturated rings. The van der Waals surface area contributed by atoms with E-state index < -0.39 is 49.4 Å². The van der Waals surface area contributed by atoms with Crippen LogP contribution in [0, 0.1) is 17.5 Å². The SMILES string of the molecule is O=C(c1c(F)ccc(NS(=O)(=O)c2cccc(F)c2)c1F)c1c[nH]c2ncc(-c3cnc(NC4CC4)nc3)cc12. The van der Waals surface area contributed by atoms with Gasteiger partial charge in [-0.25, -0.2) is 36.5 Å². The number of nitrogens with one attached hydrogen (secondary N) is 3. The van der Waals surface area contributed by atoms with E-state index >= 15 is 4.39 Å². The summed E-state index contributed by atoms with van der Waals surface area (Å²) in [6, 6.07) is 7.68. The number of aromatic amines is 1. The number of sulfonamides is 1. The van der Waals surface area contributed by atoms with Gasteiger partial charge in [-0.1, -0.05) is 6.07 Å². The predicted molar refractivity (Wildman–Crippen MR) is 141 cm³/mol. The van der Waals surface area contributed by atoms with Gasteiger partial charge in [0.2, 0.25) is 11.7 Å². The zero-order chi connectivity index (χ0) is 28.0. The van der Waals surface area contributed by atoms with E-state index in [1.54, 1.807) is 24.7 Å². The fourth-order valence-electron chi connectivity index (χ4n) is 4.12. The van der Waals surface area contributed by atoms with Gasteiger partial charge in [-0.05, 0) is 49.2 Å². The lowest BCUT2D eigenvalue weighted by molar-refractivity contribution is 0.103. The molecule has 6 rings (SSSR count). The average molecular weight is 565 g/mol. The third kappa shape index (κ3) is 4.86. The van der Waals surface area contributed by atoms with Gasteiger partial charge in [-0.15, -0.1) is 0 Å². The number of anilines is 2. The summed E-state index contributed by atoms with van der Waals surface area (Å²) in [5, 5.41) is 3.47. The molecule has 3 N–H and O–H groups in total. The topological polar surface area (TPSA) is 130 Å². The zero-order valence-electron chi connectivity index (χ0n) is 20.5. The molecule has 3 heterocycles. The molecule has 2 aromatic carbocycles. The Kier molecular flexibility index (Phi) is 6.22. The van der Waals surface area contributed by atoms with Crippen LogP contribution in [0.5, 0.6) is 0 Å². The van der Waals surface area contributed by atoms with Crippen LogP contribution in [0.2, 0.25) is 0 Å². The quantitative estimate of drug-likeness (QED) is 0.225. The number of H-pyrrole nitrogens is 1. The number of aromatic nitrogens is 4. The van der Waals surface area contributed by atoms with Gasteiger partial charge in [0.15, 0.2) is 5.82 Å². The van der Waals surface area contributed by atoms with E-state index in [1.165, 1.54) is 12.3 Å². The first-order valence-corrected chi connectivity index (χ1v) is 13.5. The molecule has 0 unspecified atom stereocenters. The van der Waals surface area contributed by atoms with Gasteiger partial charge in [-0.2, -0.15) is 0 Å². The van der Waals surface area contributed by atoms with Crippen molar-refractivity contribution in [2.45, 2.75) is 23.8 Å². The summed E-state index contributed by atoms with van der Waals surface area (Å²) in [5.41, 5.74) is -0.253. The standard InChI is InChI=1S/C27H19F3N6O3S/c28-16-2-1-3-18(9-16)40(38,39)36-22-7-6-21(29)23(24(22)30)25(37)20-13-32-26-19(20)8-14(10-31-26)15-11-33-27(34-12-15)35-17-4-5-17/h1-3,6-13,17,36H,4-5H2,(H,31,32)(H,33,34,35). The molecule has 40 heavy (non-hydrogen) atoms. The van der Waals surface area contributed by atoms with Gasteiger partial charge < -0.3 is 10.3 Å². The molecule has 0 atom stereocenters. The van der Waals surface area contributed by atoms with Crippen molar-refractivity contribution in [3.05, 3.63) is 95.8 Å². The molecule has 5 aromatic rings. The second-order valence-corrected chi connectivity index (χ2v) is 10.9. The van der Waals surface area contributed by atoms with Gasteiger partial charge in [0.1, 0.15) is 17.3 Å². The van der Waals surface area contributed by atoms with Crippen LogP contribution in [0.25, 0.3) is 22.2 Å². The van der Waals surface area contributed by atoms with Gasteiger partial charge in [-0.3, -0.25) is 9.52 Å². The highest BCUT2D eigenvalue weighted by atomic mass is 32.2. The Morgan fingerprint density at radius 3 is 2.42 bits per heavy atom. The molecule has 0 aliphatic heterocycles. The zero-order valence-corrected chi connectivity index (χ0v) is 21.3. The van der Waals surface area contributed by atoms with E-state index in [0.29, 0.717) is 28.8 Å². The maximum Gasteiger partial charge on any atom is 0.262 e. The number of nitrogens with zero attached hydrogens (tertiary/aromatic N) is 3. The van der Waals surface area contributed by atoms with E-state index in [1.807, 2.05) is 4.72 Å². The van der Waals surface area contributed by atoms with Gasteiger partial charge in [0.05, 0.1) is 16.1 Å². The van der Waals surface area contributed by atoms with Crippen LogP contribution in [0.1, 0.15) is 28.8 Å². The van der Waals surface area contributed by atoms with Crippen LogP contribution in [0.15, 0.2) is 72.1 Å². The molecule has 13 heteroatoms. The van der Waals surface area contributed by atoms with Crippen LogP contribution in [0.3, 0.4) is 0 Å². The van der Waals surface area contributed by atoms with Crippen LogP contribution >= 0.6 is 0 Å². The predicted octanol–water partition coefficient (Wildman–Crippen LogP) is 5.04. The summed E-state index contributed by atoms with van der Waals surface area (Å²) in [5.74, 6) is -3.97. The number of rotatable bonds is 8. The highest BCUT2D eigenvalue weighted by molar-refractivity contribution is 7.92. The third-order valence-corrected chi connectivity index (χ3v) is 7.70. The first-order valence-electron chi connectivity index (χ1n) is 12.1. The average Bonchev–Trinajstić information content (AvgIpc) is 3.65. The van der Waals surface area contributed by atoms with Crippen molar-refractivity contribution in [3.8, 4) is 11.1 Å². The summed E-state index contributed by atoms with van der Waals surface area (Å²) in [7, 11) is -4.44. The molecular formula is C27H19F3N6O3S. The lowest BCUT2D eigenvalue weighted by Gasteiger charge is -2.12. The van der Waals surface area contributed by atoms with Crippen LogP contribution in [0.4, 0.5) is 24.8 Å². The lowest BCUT2D eigenvalue weighted by atomic mass is 10.0. The third-order valence-electron chi connectivity index (χ3n) is 6.34. The molecule has 0 saturated heterocycles. The first kappa shape index (κ1) is 25.5. The molecule has 9 nitrogen and oxygen atoms in total. The number of benzene rings is 2. The minimum Gasteiger partial charge on any atom is -0.351 e. The van der Waals surface area contributed by atoms with Crippen molar-refractivity contribution in [1.82, 2.24) is 19.9 Å². The second kappa shape index (κ2) is 9.75. The molecule has 1 saturated carbocycles. The monoisotopic (exact) mass is 564 g/mol. The number of carbonyl (C=O) groups is 1. The van der Waals surface area contributed by atoms with E-state index in [2.05, 4.69) is 25.3 Å². The minimum atomic E-state index is -4.44. The maximum atomic E-state index is 15.5. The number of pyridine rings is 1. The van der Waals surface area contributed by atoms with E-state index in [0.717, 1.165) is 43.2 Å². The summed E-state index contributed by atoms with van der Waals surface area (Å²) in [4.78, 5) is 28.6. The first-order chi connectivity index (χ1) is 19.2. The van der Waals surface area contributed by atoms with Crippen LogP contribution in [-0.2, 0) is 10.0 Å². The van der Waals surface area contributed by atoms with Crippen molar-refractivity contribution in [1.29, 1.82) is 0 Å². The van der Waals surface area contributed by atoms with Crippen LogP contribution < -0.4 is 10.0 Å². The van der Waals surface area contributed by atoms with Crippen molar-refractivity contribution >= 4 is 38.5 Å². The number of hydrogen-bond donors (Lipinski definition) is 3. The number of ketones is 1. The Bertz CT molecular complexity index is 1890. The highest BCUT2D eigenvalue weighted by Gasteiger charge is 2.27. The van der Waals surface area contributed by atoms with Gasteiger partial charge in [0.25, 0.3) is 10.0 Å². The molecule has 3 aromatic heterocycles. The van der Waals surface area contributed by atoms with Crippen molar-refractivity contribution in [3.63, 3.8) is 0 Å². The van der Waals surface area contributed by atoms with E-state index in [4.69, 9.17) is 0 Å². The molecular weight excluding hydrogens is 545 g/mol. The molecule has 0 amide bonds. The summed E-state index contributed by atoms with van der Waals surface area (Å²) >= 11 is 0. The fraction of sp³-hybridized carbons (Fsp3) is 0.111. The second-order valence-electron chi connectivity index (χ2n) is 9.21. The summed E-state index contributed by atoms with van der Waals surface area (Å²) in [6.07, 6.45) is 8.15. The summed E-state index contributed by atoms with van der Waals surface area (Å²) < 4.78 is 71.1.